The lowest BCUT2D eigenvalue weighted by atomic mass is 10.0. The number of aromatic nitrogens is 1. The number of amides is 1. The Labute approximate surface area is 193 Å². The number of fused-ring (bicyclic) bond motifs is 3. The molecule has 2 aromatic carbocycles. The summed E-state index contributed by atoms with van der Waals surface area (Å²) < 4.78 is 0. The van der Waals surface area contributed by atoms with Crippen molar-refractivity contribution in [2.24, 2.45) is 0 Å². The maximum atomic E-state index is 13.5. The fourth-order valence-electron chi connectivity index (χ4n) is 4.46. The zero-order valence-electron chi connectivity index (χ0n) is 16.4. The number of carbonyl (C=O) groups is 1. The summed E-state index contributed by atoms with van der Waals surface area (Å²) in [6.45, 7) is 1.57. The van der Waals surface area contributed by atoms with Gasteiger partial charge in [-0.1, -0.05) is 48.0 Å². The van der Waals surface area contributed by atoms with E-state index in [4.69, 9.17) is 16.6 Å². The number of nitrogens with one attached hydrogen (secondary N) is 1. The van der Waals surface area contributed by atoms with Crippen molar-refractivity contribution in [3.8, 4) is 11.3 Å². The molecule has 1 aromatic heterocycles. The largest absolute Gasteiger partial charge is 0.337 e. The van der Waals surface area contributed by atoms with Crippen LogP contribution in [0.5, 0.6) is 0 Å². The number of pyridine rings is 1. The summed E-state index contributed by atoms with van der Waals surface area (Å²) in [5.74, 6) is 0.0845. The molecule has 7 heteroatoms. The molecule has 2 fully saturated rings. The summed E-state index contributed by atoms with van der Waals surface area (Å²) in [6.07, 6.45) is 3.39. The van der Waals surface area contributed by atoms with Gasteiger partial charge in [0.1, 0.15) is 0 Å². The van der Waals surface area contributed by atoms with E-state index in [1.807, 2.05) is 59.5 Å². The van der Waals surface area contributed by atoms with Gasteiger partial charge in [0.05, 0.1) is 16.8 Å². The van der Waals surface area contributed by atoms with Crippen molar-refractivity contribution >= 4 is 53.2 Å². The molecule has 2 atom stereocenters. The Bertz CT molecular complexity index is 1060. The van der Waals surface area contributed by atoms with Gasteiger partial charge in [-0.25, -0.2) is 4.98 Å². The van der Waals surface area contributed by atoms with Crippen molar-refractivity contribution in [3.63, 3.8) is 0 Å². The van der Waals surface area contributed by atoms with E-state index in [1.54, 1.807) is 0 Å². The SMILES string of the molecule is Cl.Cl.O=C(c1cc(-c2ccccc2Cl)nc2ccccc12)N1CCC2CCC(C1)N2. The molecule has 3 aromatic rings. The number of para-hydroxylation sites is 1. The lowest BCUT2D eigenvalue weighted by molar-refractivity contribution is 0.0750. The third-order valence-corrected chi connectivity index (χ3v) is 6.24. The molecule has 0 saturated carbocycles. The third kappa shape index (κ3) is 4.28. The molecule has 2 saturated heterocycles. The lowest BCUT2D eigenvalue weighted by Gasteiger charge is -2.25. The van der Waals surface area contributed by atoms with E-state index in [2.05, 4.69) is 5.32 Å². The number of nitrogens with zero attached hydrogens (tertiary/aromatic N) is 2. The molecule has 5 rings (SSSR count). The number of rotatable bonds is 2. The molecule has 2 bridgehead atoms. The van der Waals surface area contributed by atoms with Crippen LogP contribution in [-0.2, 0) is 0 Å². The molecule has 2 aliphatic heterocycles. The van der Waals surface area contributed by atoms with Gasteiger partial charge >= 0.3 is 0 Å². The molecule has 1 amide bonds. The van der Waals surface area contributed by atoms with E-state index in [0.717, 1.165) is 48.1 Å². The van der Waals surface area contributed by atoms with Crippen molar-refractivity contribution in [1.29, 1.82) is 0 Å². The molecule has 0 radical (unpaired) electrons. The van der Waals surface area contributed by atoms with Gasteiger partial charge in [0.15, 0.2) is 0 Å². The van der Waals surface area contributed by atoms with Crippen LogP contribution < -0.4 is 5.32 Å². The zero-order chi connectivity index (χ0) is 19.1. The fraction of sp³-hybridized carbons (Fsp3) is 0.304. The second-order valence-corrected chi connectivity index (χ2v) is 8.14. The van der Waals surface area contributed by atoms with Crippen molar-refractivity contribution in [2.75, 3.05) is 13.1 Å². The lowest BCUT2D eigenvalue weighted by Crippen LogP contribution is -2.39. The van der Waals surface area contributed by atoms with Crippen LogP contribution in [0.15, 0.2) is 54.6 Å². The van der Waals surface area contributed by atoms with E-state index in [9.17, 15) is 4.79 Å². The van der Waals surface area contributed by atoms with E-state index in [1.165, 1.54) is 6.42 Å². The summed E-state index contributed by atoms with van der Waals surface area (Å²) in [5, 5.41) is 5.18. The van der Waals surface area contributed by atoms with Crippen LogP contribution in [0.1, 0.15) is 29.6 Å². The summed E-state index contributed by atoms with van der Waals surface area (Å²) in [4.78, 5) is 20.3. The molecule has 30 heavy (non-hydrogen) atoms. The van der Waals surface area contributed by atoms with E-state index < -0.39 is 0 Å². The van der Waals surface area contributed by atoms with Crippen LogP contribution in [0.4, 0.5) is 0 Å². The Morgan fingerprint density at radius 1 is 1.00 bits per heavy atom. The van der Waals surface area contributed by atoms with Gasteiger partial charge in [-0.15, -0.1) is 24.8 Å². The highest BCUT2D eigenvalue weighted by Crippen LogP contribution is 2.31. The Morgan fingerprint density at radius 2 is 1.73 bits per heavy atom. The minimum atomic E-state index is 0. The van der Waals surface area contributed by atoms with Crippen LogP contribution in [0.3, 0.4) is 0 Å². The van der Waals surface area contributed by atoms with Crippen molar-refractivity contribution in [3.05, 3.63) is 65.2 Å². The highest BCUT2D eigenvalue weighted by Gasteiger charge is 2.32. The minimum Gasteiger partial charge on any atom is -0.337 e. The monoisotopic (exact) mass is 463 g/mol. The molecule has 3 heterocycles. The Morgan fingerprint density at radius 3 is 2.57 bits per heavy atom. The average molecular weight is 465 g/mol. The van der Waals surface area contributed by atoms with E-state index in [-0.39, 0.29) is 30.7 Å². The molecule has 0 spiro atoms. The molecule has 4 nitrogen and oxygen atoms in total. The first-order chi connectivity index (χ1) is 13.7. The first kappa shape index (κ1) is 22.8. The Kier molecular flexibility index (Phi) is 7.25. The van der Waals surface area contributed by atoms with Crippen molar-refractivity contribution in [2.45, 2.75) is 31.3 Å². The van der Waals surface area contributed by atoms with Crippen LogP contribution in [0.25, 0.3) is 22.2 Å². The minimum absolute atomic E-state index is 0. The molecule has 2 unspecified atom stereocenters. The predicted octanol–water partition coefficient (Wildman–Crippen LogP) is 5.37. The summed E-state index contributed by atoms with van der Waals surface area (Å²) >= 11 is 6.41. The Balaban J connectivity index is 0.00000128. The summed E-state index contributed by atoms with van der Waals surface area (Å²) in [6, 6.07) is 18.4. The standard InChI is InChI=1S/C23H22ClN3O.2ClH/c24-20-7-3-1-6-18(20)22-13-19(17-5-2-4-8-21(17)26-22)23(28)27-12-11-15-9-10-16(14-27)25-15;;/h1-8,13,15-16,25H,9-12,14H2;2*1H. The Hall–Kier alpha value is -1.85. The number of likely N-dealkylation sites (tertiary alicyclic amines) is 1. The second-order valence-electron chi connectivity index (χ2n) is 7.73. The molecule has 1 N–H and O–H groups in total. The van der Waals surface area contributed by atoms with Crippen molar-refractivity contribution < 1.29 is 4.79 Å². The highest BCUT2D eigenvalue weighted by atomic mass is 35.5. The molecular weight excluding hydrogens is 441 g/mol. The first-order valence-corrected chi connectivity index (χ1v) is 10.3. The topological polar surface area (TPSA) is 45.2 Å². The number of carbonyl (C=O) groups excluding carboxylic acids is 1. The highest BCUT2D eigenvalue weighted by molar-refractivity contribution is 6.33. The third-order valence-electron chi connectivity index (χ3n) is 5.91. The second kappa shape index (κ2) is 9.52. The van der Waals surface area contributed by atoms with Gasteiger partial charge in [-0.3, -0.25) is 4.79 Å². The predicted molar refractivity (Wildman–Crippen MR) is 127 cm³/mol. The normalized spacial score (nSPS) is 20.2. The van der Waals surface area contributed by atoms with Crippen LogP contribution in [0, 0.1) is 0 Å². The maximum absolute atomic E-state index is 13.5. The number of hydrogen-bond acceptors (Lipinski definition) is 3. The van der Waals surface area contributed by atoms with Gasteiger partial charge in [0.2, 0.25) is 0 Å². The smallest absolute Gasteiger partial charge is 0.254 e. The van der Waals surface area contributed by atoms with Gasteiger partial charge < -0.3 is 10.2 Å². The summed E-state index contributed by atoms with van der Waals surface area (Å²) in [7, 11) is 0. The molecular formula is C23H24Cl3N3O. The van der Waals surface area contributed by atoms with Crippen LogP contribution in [-0.4, -0.2) is 41.0 Å². The molecule has 2 aliphatic rings. The fourth-order valence-corrected chi connectivity index (χ4v) is 4.69. The number of halogens is 3. The zero-order valence-corrected chi connectivity index (χ0v) is 18.8. The quantitative estimate of drug-likeness (QED) is 0.555. The van der Waals surface area contributed by atoms with Gasteiger partial charge in [0, 0.05) is 41.1 Å². The number of benzene rings is 2. The van der Waals surface area contributed by atoms with Gasteiger partial charge in [-0.05, 0) is 37.5 Å². The van der Waals surface area contributed by atoms with Crippen molar-refractivity contribution in [1.82, 2.24) is 15.2 Å². The van der Waals surface area contributed by atoms with Crippen LogP contribution >= 0.6 is 36.4 Å². The van der Waals surface area contributed by atoms with E-state index >= 15 is 0 Å². The maximum Gasteiger partial charge on any atom is 0.254 e. The molecule has 0 aliphatic carbocycles. The first-order valence-electron chi connectivity index (χ1n) is 9.89. The van der Waals surface area contributed by atoms with Crippen LogP contribution in [0.2, 0.25) is 5.02 Å². The van der Waals surface area contributed by atoms with Gasteiger partial charge in [0.25, 0.3) is 5.91 Å². The van der Waals surface area contributed by atoms with E-state index in [0.29, 0.717) is 22.7 Å². The number of hydrogen-bond donors (Lipinski definition) is 1. The average Bonchev–Trinajstić information content (AvgIpc) is 3.05. The molecule has 158 valence electrons. The van der Waals surface area contributed by atoms with Gasteiger partial charge in [-0.2, -0.15) is 0 Å². The summed E-state index contributed by atoms with van der Waals surface area (Å²) in [5.41, 5.74) is 3.11.